The van der Waals surface area contributed by atoms with E-state index >= 15 is 0 Å². The fourth-order valence-electron chi connectivity index (χ4n) is 1.12. The fraction of sp³-hybridized carbons (Fsp3) is 1.00. The van der Waals surface area contributed by atoms with Crippen LogP contribution in [0.15, 0.2) is 0 Å². The molecule has 2 heteroatoms. The number of nitrogens with zero attached hydrogens (tertiary/aromatic N) is 1. The van der Waals surface area contributed by atoms with E-state index in [9.17, 15) is 4.39 Å². The van der Waals surface area contributed by atoms with Crippen molar-refractivity contribution in [2.45, 2.75) is 25.6 Å². The second-order valence-electron chi connectivity index (χ2n) is 2.62. The van der Waals surface area contributed by atoms with Crippen molar-refractivity contribution in [1.82, 2.24) is 4.90 Å². The van der Waals surface area contributed by atoms with E-state index in [2.05, 4.69) is 6.92 Å². The Morgan fingerprint density at radius 2 is 2.25 bits per heavy atom. The Morgan fingerprint density at radius 1 is 1.62 bits per heavy atom. The quantitative estimate of drug-likeness (QED) is 0.458. The monoisotopic (exact) mass is 117 g/mol. The number of rotatable bonds is 0. The lowest BCUT2D eigenvalue weighted by molar-refractivity contribution is 0.303. The van der Waals surface area contributed by atoms with Crippen LogP contribution in [0.3, 0.4) is 0 Å². The van der Waals surface area contributed by atoms with E-state index in [4.69, 9.17) is 0 Å². The van der Waals surface area contributed by atoms with Crippen molar-refractivity contribution in [3.8, 4) is 0 Å². The summed E-state index contributed by atoms with van der Waals surface area (Å²) in [7, 11) is 1.96. The Balaban J connectivity index is 2.39. The van der Waals surface area contributed by atoms with Gasteiger partial charge in [-0.25, -0.2) is 4.39 Å². The number of hydrogen-bond donors (Lipinski definition) is 0. The van der Waals surface area contributed by atoms with Crippen molar-refractivity contribution in [2.24, 2.45) is 0 Å². The van der Waals surface area contributed by atoms with Crippen LogP contribution in [-0.2, 0) is 0 Å². The van der Waals surface area contributed by atoms with Gasteiger partial charge in [0.2, 0.25) is 0 Å². The zero-order chi connectivity index (χ0) is 6.15. The molecule has 1 nitrogen and oxygen atoms in total. The second-order valence-corrected chi connectivity index (χ2v) is 2.62. The van der Waals surface area contributed by atoms with Crippen molar-refractivity contribution in [2.75, 3.05) is 13.6 Å². The molecule has 0 aliphatic carbocycles. The summed E-state index contributed by atoms with van der Waals surface area (Å²) >= 11 is 0. The van der Waals surface area contributed by atoms with Crippen molar-refractivity contribution in [3.05, 3.63) is 0 Å². The molecule has 0 radical (unpaired) electrons. The molecule has 1 saturated heterocycles. The molecular weight excluding hydrogens is 105 g/mol. The second kappa shape index (κ2) is 2.02. The maximum absolute atomic E-state index is 12.4. The van der Waals surface area contributed by atoms with Crippen LogP contribution in [0.25, 0.3) is 0 Å². The number of halogens is 1. The van der Waals surface area contributed by atoms with Gasteiger partial charge in [-0.2, -0.15) is 0 Å². The fourth-order valence-corrected chi connectivity index (χ4v) is 1.12. The molecule has 0 bridgehead atoms. The van der Waals surface area contributed by atoms with Crippen LogP contribution in [0, 0.1) is 0 Å². The van der Waals surface area contributed by atoms with Crippen LogP contribution in [0.4, 0.5) is 4.39 Å². The Labute approximate surface area is 49.5 Å². The third kappa shape index (κ3) is 0.996. The first-order valence-corrected chi connectivity index (χ1v) is 3.04. The molecule has 8 heavy (non-hydrogen) atoms. The normalized spacial score (nSPS) is 40.9. The maximum atomic E-state index is 12.4. The van der Waals surface area contributed by atoms with Crippen LogP contribution >= 0.6 is 0 Å². The highest BCUT2D eigenvalue weighted by molar-refractivity contribution is 4.79. The Morgan fingerprint density at radius 3 is 2.38 bits per heavy atom. The SMILES string of the molecule is CC1C[C@@H](F)CN1C. The molecule has 0 saturated carbocycles. The summed E-state index contributed by atoms with van der Waals surface area (Å²) in [5, 5.41) is 0. The highest BCUT2D eigenvalue weighted by atomic mass is 19.1. The first-order chi connectivity index (χ1) is 3.70. The average Bonchev–Trinajstić information content (AvgIpc) is 1.85. The first-order valence-electron chi connectivity index (χ1n) is 3.04. The Bertz CT molecular complexity index is 74.6. The molecule has 0 spiro atoms. The van der Waals surface area contributed by atoms with Gasteiger partial charge in [0.1, 0.15) is 6.17 Å². The van der Waals surface area contributed by atoms with Crippen molar-refractivity contribution in [3.63, 3.8) is 0 Å². The van der Waals surface area contributed by atoms with Gasteiger partial charge in [-0.05, 0) is 20.4 Å². The molecule has 0 aromatic rings. The average molecular weight is 117 g/mol. The minimum Gasteiger partial charge on any atom is -0.301 e. The molecule has 1 heterocycles. The minimum atomic E-state index is -0.574. The van der Waals surface area contributed by atoms with E-state index in [1.807, 2.05) is 11.9 Å². The lowest BCUT2D eigenvalue weighted by Gasteiger charge is -2.11. The molecule has 1 aliphatic heterocycles. The van der Waals surface area contributed by atoms with Crippen molar-refractivity contribution >= 4 is 0 Å². The molecule has 1 aliphatic rings. The van der Waals surface area contributed by atoms with E-state index in [-0.39, 0.29) is 0 Å². The van der Waals surface area contributed by atoms with Crippen LogP contribution < -0.4 is 0 Å². The van der Waals surface area contributed by atoms with Gasteiger partial charge in [0.15, 0.2) is 0 Å². The third-order valence-electron chi connectivity index (χ3n) is 1.84. The van der Waals surface area contributed by atoms with E-state index in [1.165, 1.54) is 0 Å². The van der Waals surface area contributed by atoms with Gasteiger partial charge in [-0.15, -0.1) is 0 Å². The molecule has 0 amide bonds. The summed E-state index contributed by atoms with van der Waals surface area (Å²) < 4.78 is 12.4. The summed E-state index contributed by atoms with van der Waals surface area (Å²) in [6, 6.07) is 0.449. The van der Waals surface area contributed by atoms with Crippen LogP contribution in [0.2, 0.25) is 0 Å². The van der Waals surface area contributed by atoms with Crippen molar-refractivity contribution < 1.29 is 4.39 Å². The van der Waals surface area contributed by atoms with Gasteiger partial charge in [0, 0.05) is 12.6 Å². The van der Waals surface area contributed by atoms with Gasteiger partial charge in [-0.3, -0.25) is 0 Å². The topological polar surface area (TPSA) is 3.24 Å². The van der Waals surface area contributed by atoms with Crippen molar-refractivity contribution in [1.29, 1.82) is 0 Å². The molecule has 1 fully saturated rings. The first kappa shape index (κ1) is 6.02. The summed E-state index contributed by atoms with van der Waals surface area (Å²) in [4.78, 5) is 2.05. The smallest absolute Gasteiger partial charge is 0.114 e. The van der Waals surface area contributed by atoms with E-state index in [1.54, 1.807) is 0 Å². The molecule has 2 atom stereocenters. The molecule has 1 unspecified atom stereocenters. The molecule has 0 N–H and O–H groups in total. The summed E-state index contributed by atoms with van der Waals surface area (Å²) in [6.07, 6.45) is 0.145. The maximum Gasteiger partial charge on any atom is 0.114 e. The van der Waals surface area contributed by atoms with Crippen LogP contribution in [0.5, 0.6) is 0 Å². The third-order valence-corrected chi connectivity index (χ3v) is 1.84. The lowest BCUT2D eigenvalue weighted by Crippen LogP contribution is -2.21. The summed E-state index contributed by atoms with van der Waals surface area (Å²) in [5.41, 5.74) is 0. The molecular formula is C6H12FN. The largest absolute Gasteiger partial charge is 0.301 e. The number of alkyl halides is 1. The summed E-state index contributed by atoms with van der Waals surface area (Å²) in [5.74, 6) is 0. The predicted molar refractivity (Wildman–Crippen MR) is 31.6 cm³/mol. The zero-order valence-electron chi connectivity index (χ0n) is 5.39. The Kier molecular flexibility index (Phi) is 1.52. The number of likely N-dealkylation sites (tertiary alicyclic amines) is 1. The van der Waals surface area contributed by atoms with Crippen LogP contribution in [-0.4, -0.2) is 30.7 Å². The zero-order valence-corrected chi connectivity index (χ0v) is 5.39. The minimum absolute atomic E-state index is 0.449. The Hall–Kier alpha value is -0.110. The molecule has 0 aromatic carbocycles. The van der Waals surface area contributed by atoms with E-state index in [0.29, 0.717) is 12.6 Å². The van der Waals surface area contributed by atoms with Gasteiger partial charge >= 0.3 is 0 Å². The van der Waals surface area contributed by atoms with Gasteiger partial charge < -0.3 is 4.90 Å². The number of hydrogen-bond acceptors (Lipinski definition) is 1. The predicted octanol–water partition coefficient (Wildman–Crippen LogP) is 1.05. The van der Waals surface area contributed by atoms with E-state index in [0.717, 1.165) is 6.42 Å². The highest BCUT2D eigenvalue weighted by Crippen LogP contribution is 2.16. The van der Waals surface area contributed by atoms with Gasteiger partial charge in [0.25, 0.3) is 0 Å². The van der Waals surface area contributed by atoms with Crippen LogP contribution in [0.1, 0.15) is 13.3 Å². The molecule has 1 rings (SSSR count). The standard InChI is InChI=1S/C6H12FN/c1-5-3-6(7)4-8(5)2/h5-6H,3-4H2,1-2H3/t5?,6-/m1/s1. The highest BCUT2D eigenvalue weighted by Gasteiger charge is 2.24. The molecule has 48 valence electrons. The lowest BCUT2D eigenvalue weighted by atomic mass is 10.2. The van der Waals surface area contributed by atoms with Gasteiger partial charge in [0.05, 0.1) is 0 Å². The van der Waals surface area contributed by atoms with E-state index < -0.39 is 6.17 Å². The summed E-state index contributed by atoms with van der Waals surface area (Å²) in [6.45, 7) is 2.68. The van der Waals surface area contributed by atoms with Gasteiger partial charge in [-0.1, -0.05) is 0 Å². The molecule has 0 aromatic heterocycles.